The molecule has 0 atom stereocenters. The summed E-state index contributed by atoms with van der Waals surface area (Å²) in [4.78, 5) is 11.8. The van der Waals surface area contributed by atoms with E-state index < -0.39 is 5.97 Å². The molecule has 21 heavy (non-hydrogen) atoms. The Balaban J connectivity index is 2.15. The third kappa shape index (κ3) is 3.54. The zero-order valence-corrected chi connectivity index (χ0v) is 12.3. The Morgan fingerprint density at radius 3 is 2.48 bits per heavy atom. The summed E-state index contributed by atoms with van der Waals surface area (Å²) in [7, 11) is 1.34. The van der Waals surface area contributed by atoms with Crippen molar-refractivity contribution in [2.45, 2.75) is 20.0 Å². The molecule has 110 valence electrons. The number of hydrogen-bond donors (Lipinski definition) is 1. The van der Waals surface area contributed by atoms with Crippen LogP contribution in [0.15, 0.2) is 42.5 Å². The third-order valence-corrected chi connectivity index (χ3v) is 3.30. The first-order chi connectivity index (χ1) is 10.2. The van der Waals surface area contributed by atoms with Gasteiger partial charge in [0.15, 0.2) is 0 Å². The maximum atomic E-state index is 11.8. The van der Waals surface area contributed by atoms with E-state index in [9.17, 15) is 4.79 Å². The van der Waals surface area contributed by atoms with Gasteiger partial charge in [0.2, 0.25) is 0 Å². The van der Waals surface area contributed by atoms with Crippen LogP contribution in [0.5, 0.6) is 5.75 Å². The van der Waals surface area contributed by atoms with Gasteiger partial charge in [-0.05, 0) is 30.2 Å². The molecule has 0 aliphatic rings. The van der Waals surface area contributed by atoms with Gasteiger partial charge in [-0.1, -0.05) is 31.2 Å². The van der Waals surface area contributed by atoms with Gasteiger partial charge in [-0.25, -0.2) is 4.79 Å². The Morgan fingerprint density at radius 2 is 1.86 bits per heavy atom. The molecule has 0 bridgehead atoms. The molecule has 0 fully saturated rings. The van der Waals surface area contributed by atoms with E-state index in [1.807, 2.05) is 30.3 Å². The molecule has 2 N–H and O–H groups in total. The number of nitrogens with two attached hydrogens (primary N) is 1. The van der Waals surface area contributed by atoms with Crippen molar-refractivity contribution in [1.29, 1.82) is 0 Å². The number of methoxy groups -OCH3 is 1. The predicted octanol–water partition coefficient (Wildman–Crippen LogP) is 3.20. The molecule has 4 nitrogen and oxygen atoms in total. The van der Waals surface area contributed by atoms with Crippen LogP contribution in [0.4, 0.5) is 5.69 Å². The molecule has 0 amide bonds. The minimum absolute atomic E-state index is 0.265. The largest absolute Gasteiger partial charge is 0.489 e. The minimum atomic E-state index is -0.451. The molecule has 0 aliphatic heterocycles. The topological polar surface area (TPSA) is 61.5 Å². The molecule has 2 aromatic rings. The maximum Gasteiger partial charge on any atom is 0.340 e. The van der Waals surface area contributed by atoms with Crippen molar-refractivity contribution < 1.29 is 14.3 Å². The first kappa shape index (κ1) is 14.9. The fourth-order valence-corrected chi connectivity index (χ4v) is 2.07. The lowest BCUT2D eigenvalue weighted by Gasteiger charge is -2.12. The van der Waals surface area contributed by atoms with E-state index >= 15 is 0 Å². The summed E-state index contributed by atoms with van der Waals surface area (Å²) < 4.78 is 10.5. The highest BCUT2D eigenvalue weighted by molar-refractivity contribution is 5.96. The number of esters is 1. The molecular weight excluding hydrogens is 266 g/mol. The summed E-state index contributed by atoms with van der Waals surface area (Å²) in [6, 6.07) is 13.2. The smallest absolute Gasteiger partial charge is 0.340 e. The summed E-state index contributed by atoms with van der Waals surface area (Å²) in [5.41, 5.74) is 8.57. The SMILES string of the molecule is CCc1ccc(OCc2cccc(N)c2C(=O)OC)cc1. The molecule has 0 saturated carbocycles. The molecule has 2 rings (SSSR count). The second kappa shape index (κ2) is 6.79. The Morgan fingerprint density at radius 1 is 1.14 bits per heavy atom. The van der Waals surface area contributed by atoms with E-state index in [1.54, 1.807) is 12.1 Å². The van der Waals surface area contributed by atoms with E-state index in [4.69, 9.17) is 15.2 Å². The van der Waals surface area contributed by atoms with Crippen molar-refractivity contribution in [1.82, 2.24) is 0 Å². The molecule has 0 spiro atoms. The van der Waals surface area contributed by atoms with E-state index in [1.165, 1.54) is 12.7 Å². The van der Waals surface area contributed by atoms with Crippen LogP contribution in [0.3, 0.4) is 0 Å². The molecule has 0 radical (unpaired) electrons. The number of anilines is 1. The van der Waals surface area contributed by atoms with Gasteiger partial charge >= 0.3 is 5.97 Å². The number of hydrogen-bond acceptors (Lipinski definition) is 4. The number of rotatable bonds is 5. The fourth-order valence-electron chi connectivity index (χ4n) is 2.07. The van der Waals surface area contributed by atoms with Crippen molar-refractivity contribution >= 4 is 11.7 Å². The van der Waals surface area contributed by atoms with E-state index in [-0.39, 0.29) is 6.61 Å². The summed E-state index contributed by atoms with van der Waals surface area (Å²) in [6.45, 7) is 2.37. The highest BCUT2D eigenvalue weighted by Crippen LogP contribution is 2.21. The Kier molecular flexibility index (Phi) is 4.82. The third-order valence-electron chi connectivity index (χ3n) is 3.30. The van der Waals surface area contributed by atoms with Gasteiger partial charge < -0.3 is 15.2 Å². The van der Waals surface area contributed by atoms with Crippen LogP contribution >= 0.6 is 0 Å². The van der Waals surface area contributed by atoms with Gasteiger partial charge in [-0.15, -0.1) is 0 Å². The average molecular weight is 285 g/mol. The average Bonchev–Trinajstić information content (AvgIpc) is 2.52. The van der Waals surface area contributed by atoms with Gasteiger partial charge in [0.05, 0.1) is 12.7 Å². The van der Waals surface area contributed by atoms with Crippen molar-refractivity contribution in [3.8, 4) is 5.75 Å². The highest BCUT2D eigenvalue weighted by Gasteiger charge is 2.15. The van der Waals surface area contributed by atoms with Gasteiger partial charge in [0, 0.05) is 11.3 Å². The Bertz CT molecular complexity index is 620. The monoisotopic (exact) mass is 285 g/mol. The number of aryl methyl sites for hydroxylation is 1. The number of benzene rings is 2. The van der Waals surface area contributed by atoms with Crippen molar-refractivity contribution in [3.63, 3.8) is 0 Å². The van der Waals surface area contributed by atoms with Crippen LogP contribution in [-0.2, 0) is 17.8 Å². The van der Waals surface area contributed by atoms with Crippen LogP contribution in [-0.4, -0.2) is 13.1 Å². The first-order valence-corrected chi connectivity index (χ1v) is 6.83. The van der Waals surface area contributed by atoms with Crippen molar-refractivity contribution in [3.05, 3.63) is 59.2 Å². The molecular formula is C17H19NO3. The first-order valence-electron chi connectivity index (χ1n) is 6.83. The number of ether oxygens (including phenoxy) is 2. The number of nitrogen functional groups attached to an aromatic ring is 1. The Labute approximate surface area is 124 Å². The maximum absolute atomic E-state index is 11.8. The van der Waals surface area contributed by atoms with Gasteiger partial charge in [0.25, 0.3) is 0 Å². The second-order valence-corrected chi connectivity index (χ2v) is 4.66. The molecule has 4 heteroatoms. The lowest BCUT2D eigenvalue weighted by atomic mass is 10.1. The number of carbonyl (C=O) groups is 1. The molecule has 0 heterocycles. The Hall–Kier alpha value is -2.49. The van der Waals surface area contributed by atoms with Gasteiger partial charge in [-0.3, -0.25) is 0 Å². The summed E-state index contributed by atoms with van der Waals surface area (Å²) in [6.07, 6.45) is 0.988. The zero-order chi connectivity index (χ0) is 15.2. The van der Waals surface area contributed by atoms with Crippen LogP contribution in [0.25, 0.3) is 0 Å². The van der Waals surface area contributed by atoms with Gasteiger partial charge in [0.1, 0.15) is 12.4 Å². The molecule has 0 unspecified atom stereocenters. The lowest BCUT2D eigenvalue weighted by Crippen LogP contribution is -2.11. The van der Waals surface area contributed by atoms with Crippen LogP contribution in [0.2, 0.25) is 0 Å². The number of carbonyl (C=O) groups excluding carboxylic acids is 1. The summed E-state index contributed by atoms with van der Waals surface area (Å²) >= 11 is 0. The molecule has 0 aromatic heterocycles. The minimum Gasteiger partial charge on any atom is -0.489 e. The van der Waals surface area contributed by atoms with Crippen LogP contribution in [0, 0.1) is 0 Å². The van der Waals surface area contributed by atoms with Crippen molar-refractivity contribution in [2.75, 3.05) is 12.8 Å². The molecule has 0 aliphatic carbocycles. The summed E-state index contributed by atoms with van der Waals surface area (Å²) in [5.74, 6) is 0.304. The zero-order valence-electron chi connectivity index (χ0n) is 12.3. The summed E-state index contributed by atoms with van der Waals surface area (Å²) in [5, 5.41) is 0. The normalized spacial score (nSPS) is 10.2. The van der Waals surface area contributed by atoms with E-state index in [0.29, 0.717) is 16.8 Å². The van der Waals surface area contributed by atoms with Crippen LogP contribution < -0.4 is 10.5 Å². The molecule has 2 aromatic carbocycles. The van der Waals surface area contributed by atoms with E-state index in [2.05, 4.69) is 6.92 Å². The quantitative estimate of drug-likeness (QED) is 0.677. The lowest BCUT2D eigenvalue weighted by molar-refractivity contribution is 0.0599. The standard InChI is InChI=1S/C17H19NO3/c1-3-12-7-9-14(10-8-12)21-11-13-5-4-6-15(18)16(13)17(19)20-2/h4-10H,3,11,18H2,1-2H3. The highest BCUT2D eigenvalue weighted by atomic mass is 16.5. The molecule has 0 saturated heterocycles. The fraction of sp³-hybridized carbons (Fsp3) is 0.235. The van der Waals surface area contributed by atoms with Crippen LogP contribution in [0.1, 0.15) is 28.4 Å². The van der Waals surface area contributed by atoms with E-state index in [0.717, 1.165) is 12.2 Å². The van der Waals surface area contributed by atoms with Crippen molar-refractivity contribution in [2.24, 2.45) is 0 Å². The predicted molar refractivity (Wildman–Crippen MR) is 82.3 cm³/mol. The van der Waals surface area contributed by atoms with Gasteiger partial charge in [-0.2, -0.15) is 0 Å². The second-order valence-electron chi connectivity index (χ2n) is 4.66.